The summed E-state index contributed by atoms with van der Waals surface area (Å²) in [5.74, 6) is 1.74. The molecule has 2 aromatic carbocycles. The molecule has 5 heteroatoms. The molecular formula is C24H31N3O2. The Morgan fingerprint density at radius 3 is 2.38 bits per heavy atom. The standard InChI is InChI=1S/C23H27N3O2.CH4/c1-3-25-12-14-26(15-13-25)23-20-7-5-4-6-18(20)16-21(24-23)22(27)17-8-10-19(28-2)11-9-17;/h4-11,16,22,27H,3,12-15H2,1-2H3;1H4. The maximum absolute atomic E-state index is 11.0. The Morgan fingerprint density at radius 2 is 1.72 bits per heavy atom. The molecule has 1 aliphatic heterocycles. The van der Waals surface area contributed by atoms with Crippen LogP contribution in [-0.2, 0) is 0 Å². The van der Waals surface area contributed by atoms with Crippen molar-refractivity contribution in [3.63, 3.8) is 0 Å². The lowest BCUT2D eigenvalue weighted by atomic mass is 10.0. The summed E-state index contributed by atoms with van der Waals surface area (Å²) in [5.41, 5.74) is 1.49. The number of nitrogens with zero attached hydrogens (tertiary/aromatic N) is 3. The second-order valence-electron chi connectivity index (χ2n) is 7.19. The fraction of sp³-hybridized carbons (Fsp3) is 0.375. The van der Waals surface area contributed by atoms with Gasteiger partial charge in [-0.05, 0) is 35.7 Å². The number of pyridine rings is 1. The minimum atomic E-state index is -0.772. The number of hydrogen-bond acceptors (Lipinski definition) is 5. The number of ether oxygens (including phenoxy) is 1. The number of piperazine rings is 1. The van der Waals surface area contributed by atoms with Crippen LogP contribution in [0.15, 0.2) is 54.6 Å². The van der Waals surface area contributed by atoms with Crippen LogP contribution in [0.1, 0.15) is 31.7 Å². The number of fused-ring (bicyclic) bond motifs is 1. The van der Waals surface area contributed by atoms with Crippen LogP contribution in [0.2, 0.25) is 0 Å². The van der Waals surface area contributed by atoms with E-state index in [-0.39, 0.29) is 7.43 Å². The minimum absolute atomic E-state index is 0. The highest BCUT2D eigenvalue weighted by Crippen LogP contribution is 2.31. The topological polar surface area (TPSA) is 48.8 Å². The zero-order valence-corrected chi connectivity index (χ0v) is 16.5. The van der Waals surface area contributed by atoms with E-state index in [4.69, 9.17) is 9.72 Å². The molecule has 3 aromatic rings. The summed E-state index contributed by atoms with van der Waals surface area (Å²) in [7, 11) is 1.64. The van der Waals surface area contributed by atoms with Crippen molar-refractivity contribution in [1.29, 1.82) is 0 Å². The van der Waals surface area contributed by atoms with Crippen LogP contribution in [0.3, 0.4) is 0 Å². The molecule has 0 amide bonds. The van der Waals surface area contributed by atoms with Crippen molar-refractivity contribution < 1.29 is 9.84 Å². The van der Waals surface area contributed by atoms with E-state index in [1.165, 1.54) is 0 Å². The van der Waals surface area contributed by atoms with Crippen molar-refractivity contribution in [1.82, 2.24) is 9.88 Å². The molecule has 2 heterocycles. The van der Waals surface area contributed by atoms with E-state index in [0.717, 1.165) is 60.6 Å². The number of methoxy groups -OCH3 is 1. The third kappa shape index (κ3) is 4.36. The number of aliphatic hydroxyl groups is 1. The highest BCUT2D eigenvalue weighted by molar-refractivity contribution is 5.92. The van der Waals surface area contributed by atoms with Gasteiger partial charge in [-0.15, -0.1) is 0 Å². The number of rotatable bonds is 5. The third-order valence-corrected chi connectivity index (χ3v) is 5.57. The highest BCUT2D eigenvalue weighted by atomic mass is 16.5. The molecular weight excluding hydrogens is 362 g/mol. The van der Waals surface area contributed by atoms with Crippen molar-refractivity contribution in [3.8, 4) is 5.75 Å². The molecule has 154 valence electrons. The first-order valence-electron chi connectivity index (χ1n) is 9.88. The molecule has 5 nitrogen and oxygen atoms in total. The van der Waals surface area contributed by atoms with E-state index in [0.29, 0.717) is 5.69 Å². The number of benzene rings is 2. The molecule has 0 saturated carbocycles. The summed E-state index contributed by atoms with van der Waals surface area (Å²) in [5, 5.41) is 13.2. The van der Waals surface area contributed by atoms with E-state index >= 15 is 0 Å². The minimum Gasteiger partial charge on any atom is -0.497 e. The van der Waals surface area contributed by atoms with Gasteiger partial charge in [0.05, 0.1) is 12.8 Å². The Morgan fingerprint density at radius 1 is 1.03 bits per heavy atom. The second kappa shape index (κ2) is 9.25. The van der Waals surface area contributed by atoms with Crippen LogP contribution in [0.5, 0.6) is 5.75 Å². The van der Waals surface area contributed by atoms with Crippen molar-refractivity contribution in [3.05, 3.63) is 65.9 Å². The molecule has 0 bridgehead atoms. The van der Waals surface area contributed by atoms with Crippen molar-refractivity contribution in [2.75, 3.05) is 44.7 Å². The molecule has 0 aliphatic carbocycles. The smallest absolute Gasteiger partial charge is 0.136 e. The molecule has 1 aliphatic rings. The van der Waals surface area contributed by atoms with Crippen LogP contribution in [-0.4, -0.2) is 54.8 Å². The fourth-order valence-electron chi connectivity index (χ4n) is 3.81. The average molecular weight is 394 g/mol. The average Bonchev–Trinajstić information content (AvgIpc) is 2.78. The van der Waals surface area contributed by atoms with Crippen LogP contribution >= 0.6 is 0 Å². The number of aromatic nitrogens is 1. The number of aliphatic hydroxyl groups excluding tert-OH is 1. The first-order valence-corrected chi connectivity index (χ1v) is 9.88. The first kappa shape index (κ1) is 21.1. The van der Waals surface area contributed by atoms with E-state index < -0.39 is 6.10 Å². The molecule has 0 spiro atoms. The number of likely N-dealkylation sites (N-methyl/N-ethyl adjacent to an activating group) is 1. The van der Waals surface area contributed by atoms with Crippen LogP contribution in [0.4, 0.5) is 5.82 Å². The van der Waals surface area contributed by atoms with Crippen LogP contribution in [0.25, 0.3) is 10.8 Å². The molecule has 1 N–H and O–H groups in total. The van der Waals surface area contributed by atoms with E-state index in [9.17, 15) is 5.11 Å². The lowest BCUT2D eigenvalue weighted by molar-refractivity contribution is 0.215. The molecule has 4 rings (SSSR count). The predicted octanol–water partition coefficient (Wildman–Crippen LogP) is 4.10. The molecule has 1 aromatic heterocycles. The SMILES string of the molecule is C.CCN1CCN(c2nc(C(O)c3ccc(OC)cc3)cc3ccccc23)CC1. The fourth-order valence-corrected chi connectivity index (χ4v) is 3.81. The van der Waals surface area contributed by atoms with Gasteiger partial charge in [0.1, 0.15) is 17.7 Å². The van der Waals surface area contributed by atoms with Gasteiger partial charge >= 0.3 is 0 Å². The third-order valence-electron chi connectivity index (χ3n) is 5.57. The lowest BCUT2D eigenvalue weighted by Crippen LogP contribution is -2.46. The van der Waals surface area contributed by atoms with Gasteiger partial charge in [0, 0.05) is 31.6 Å². The summed E-state index contributed by atoms with van der Waals surface area (Å²) in [6.45, 7) is 7.27. The molecule has 1 unspecified atom stereocenters. The maximum Gasteiger partial charge on any atom is 0.136 e. The number of anilines is 1. The monoisotopic (exact) mass is 393 g/mol. The Bertz CT molecular complexity index is 935. The Hall–Kier alpha value is -2.63. The molecule has 29 heavy (non-hydrogen) atoms. The number of hydrogen-bond donors (Lipinski definition) is 1. The summed E-state index contributed by atoms with van der Waals surface area (Å²) >= 11 is 0. The summed E-state index contributed by atoms with van der Waals surface area (Å²) in [4.78, 5) is 9.72. The Kier molecular flexibility index (Phi) is 6.72. The second-order valence-corrected chi connectivity index (χ2v) is 7.19. The first-order chi connectivity index (χ1) is 13.7. The van der Waals surface area contributed by atoms with Gasteiger partial charge in [0.2, 0.25) is 0 Å². The Balaban J connectivity index is 0.00000240. The van der Waals surface area contributed by atoms with Gasteiger partial charge in [-0.2, -0.15) is 0 Å². The molecule has 1 fully saturated rings. The Labute approximate surface area is 173 Å². The zero-order chi connectivity index (χ0) is 19.5. The van der Waals surface area contributed by atoms with Gasteiger partial charge in [-0.25, -0.2) is 4.98 Å². The van der Waals surface area contributed by atoms with Crippen molar-refractivity contribution in [2.24, 2.45) is 0 Å². The van der Waals surface area contributed by atoms with Crippen LogP contribution in [0, 0.1) is 0 Å². The van der Waals surface area contributed by atoms with Crippen LogP contribution < -0.4 is 9.64 Å². The van der Waals surface area contributed by atoms with Gasteiger partial charge < -0.3 is 19.6 Å². The normalized spacial score (nSPS) is 15.8. The maximum atomic E-state index is 11.0. The van der Waals surface area contributed by atoms with Gasteiger partial charge in [-0.1, -0.05) is 50.7 Å². The largest absolute Gasteiger partial charge is 0.497 e. The molecule has 1 atom stereocenters. The molecule has 0 radical (unpaired) electrons. The summed E-state index contributed by atoms with van der Waals surface area (Å²) in [6, 6.07) is 17.8. The summed E-state index contributed by atoms with van der Waals surface area (Å²) in [6.07, 6.45) is -0.772. The van der Waals surface area contributed by atoms with E-state index in [2.05, 4.69) is 34.9 Å². The zero-order valence-electron chi connectivity index (χ0n) is 16.5. The lowest BCUT2D eigenvalue weighted by Gasteiger charge is -2.35. The quantitative estimate of drug-likeness (QED) is 0.707. The predicted molar refractivity (Wildman–Crippen MR) is 120 cm³/mol. The van der Waals surface area contributed by atoms with Gasteiger partial charge in [-0.3, -0.25) is 0 Å². The van der Waals surface area contributed by atoms with E-state index in [1.807, 2.05) is 36.4 Å². The summed E-state index contributed by atoms with van der Waals surface area (Å²) < 4.78 is 5.22. The molecule has 1 saturated heterocycles. The van der Waals surface area contributed by atoms with Crippen molar-refractivity contribution >= 4 is 16.6 Å². The van der Waals surface area contributed by atoms with Crippen molar-refractivity contribution in [2.45, 2.75) is 20.5 Å². The van der Waals surface area contributed by atoms with E-state index in [1.54, 1.807) is 7.11 Å². The van der Waals surface area contributed by atoms with Gasteiger partial charge in [0.25, 0.3) is 0 Å². The highest BCUT2D eigenvalue weighted by Gasteiger charge is 2.21. The van der Waals surface area contributed by atoms with Gasteiger partial charge in [0.15, 0.2) is 0 Å².